The van der Waals surface area contributed by atoms with E-state index in [1.807, 2.05) is 0 Å². The normalized spacial score (nSPS) is 10.9. The van der Waals surface area contributed by atoms with Crippen molar-refractivity contribution in [1.29, 1.82) is 0 Å². The molecule has 1 aromatic rings. The van der Waals surface area contributed by atoms with E-state index in [9.17, 15) is 13.2 Å². The second kappa shape index (κ2) is 5.97. The topological polar surface area (TPSA) is 85.4 Å². The second-order valence-corrected chi connectivity index (χ2v) is 5.78. The maximum Gasteiger partial charge on any atom is 0.306 e. The van der Waals surface area contributed by atoms with Crippen LogP contribution in [0.4, 0.5) is 5.82 Å². The fourth-order valence-electron chi connectivity index (χ4n) is 0.979. The lowest BCUT2D eigenvalue weighted by Gasteiger charge is -2.07. The Bertz CT molecular complexity index is 503. The number of anilines is 1. The molecular weight excluding hydrogens is 312 g/mol. The zero-order valence-corrected chi connectivity index (χ0v) is 11.4. The van der Waals surface area contributed by atoms with Crippen molar-refractivity contribution in [3.8, 4) is 0 Å². The van der Waals surface area contributed by atoms with Gasteiger partial charge in [0.2, 0.25) is 10.0 Å². The van der Waals surface area contributed by atoms with Crippen LogP contribution in [0.1, 0.15) is 6.42 Å². The number of sulfonamides is 1. The van der Waals surface area contributed by atoms with Gasteiger partial charge >= 0.3 is 5.97 Å². The number of nitrogens with zero attached hydrogens (tertiary/aromatic N) is 1. The van der Waals surface area contributed by atoms with Crippen LogP contribution in [0.25, 0.3) is 0 Å². The fraction of sp³-hybridized carbons (Fsp3) is 0.333. The number of pyridine rings is 1. The zero-order chi connectivity index (χ0) is 12.9. The van der Waals surface area contributed by atoms with Crippen molar-refractivity contribution in [1.82, 2.24) is 4.98 Å². The molecule has 94 valence electrons. The fourth-order valence-corrected chi connectivity index (χ4v) is 2.46. The lowest BCUT2D eigenvalue weighted by molar-refractivity contribution is -0.140. The molecule has 0 bridgehead atoms. The summed E-state index contributed by atoms with van der Waals surface area (Å²) in [6, 6.07) is 3.32. The number of hydrogen-bond donors (Lipinski definition) is 1. The first kappa shape index (κ1) is 13.9. The molecule has 1 aromatic heterocycles. The summed E-state index contributed by atoms with van der Waals surface area (Å²) in [6.07, 6.45) is 1.26. The van der Waals surface area contributed by atoms with Crippen molar-refractivity contribution in [2.75, 3.05) is 17.6 Å². The first-order valence-corrected chi connectivity index (χ1v) is 7.07. The van der Waals surface area contributed by atoms with E-state index >= 15 is 0 Å². The summed E-state index contributed by atoms with van der Waals surface area (Å²) in [7, 11) is -2.40. The van der Waals surface area contributed by atoms with Gasteiger partial charge in [0, 0.05) is 6.20 Å². The standard InChI is InChI=1S/C9H11BrN2O4S/c1-16-8(13)4-6-17(14,15)12-9-7(10)3-2-5-11-9/h2-3,5H,4,6H2,1H3,(H,11,12). The van der Waals surface area contributed by atoms with Crippen molar-refractivity contribution in [3.05, 3.63) is 22.8 Å². The molecule has 1 heterocycles. The highest BCUT2D eigenvalue weighted by molar-refractivity contribution is 9.10. The number of esters is 1. The molecule has 0 amide bonds. The molecule has 0 atom stereocenters. The smallest absolute Gasteiger partial charge is 0.306 e. The highest BCUT2D eigenvalue weighted by Gasteiger charge is 2.15. The van der Waals surface area contributed by atoms with Crippen LogP contribution in [0, 0.1) is 0 Å². The molecule has 0 aliphatic carbocycles. The van der Waals surface area contributed by atoms with Gasteiger partial charge in [0.15, 0.2) is 5.82 Å². The van der Waals surface area contributed by atoms with E-state index in [0.717, 1.165) is 0 Å². The van der Waals surface area contributed by atoms with Gasteiger partial charge in [-0.05, 0) is 28.1 Å². The maximum atomic E-state index is 11.6. The van der Waals surface area contributed by atoms with Gasteiger partial charge in [-0.1, -0.05) is 0 Å². The number of methoxy groups -OCH3 is 1. The highest BCUT2D eigenvalue weighted by atomic mass is 79.9. The first-order chi connectivity index (χ1) is 7.94. The van der Waals surface area contributed by atoms with Gasteiger partial charge in [-0.2, -0.15) is 0 Å². The van der Waals surface area contributed by atoms with Crippen LogP contribution in [0.2, 0.25) is 0 Å². The molecule has 0 radical (unpaired) electrons. The number of carbonyl (C=O) groups excluding carboxylic acids is 1. The van der Waals surface area contributed by atoms with Crippen LogP contribution in [-0.2, 0) is 19.6 Å². The molecule has 0 aliphatic heterocycles. The molecule has 0 saturated carbocycles. The molecule has 0 fully saturated rings. The molecule has 0 spiro atoms. The van der Waals surface area contributed by atoms with Gasteiger partial charge in [0.05, 0.1) is 23.8 Å². The summed E-state index contributed by atoms with van der Waals surface area (Å²) in [6.45, 7) is 0. The Morgan fingerprint density at radius 2 is 2.29 bits per heavy atom. The van der Waals surface area contributed by atoms with E-state index in [1.165, 1.54) is 13.3 Å². The molecule has 0 saturated heterocycles. The molecular formula is C9H11BrN2O4S. The van der Waals surface area contributed by atoms with Crippen molar-refractivity contribution in [3.63, 3.8) is 0 Å². The molecule has 1 N–H and O–H groups in total. The number of rotatable bonds is 5. The van der Waals surface area contributed by atoms with Gasteiger partial charge in [-0.25, -0.2) is 13.4 Å². The van der Waals surface area contributed by atoms with E-state index in [0.29, 0.717) is 4.47 Å². The Morgan fingerprint density at radius 3 is 2.88 bits per heavy atom. The van der Waals surface area contributed by atoms with Crippen LogP contribution in [0.3, 0.4) is 0 Å². The summed E-state index contributed by atoms with van der Waals surface area (Å²) in [5.41, 5.74) is 0. The lowest BCUT2D eigenvalue weighted by Crippen LogP contribution is -2.20. The molecule has 17 heavy (non-hydrogen) atoms. The number of nitrogens with one attached hydrogen (secondary N) is 1. The van der Waals surface area contributed by atoms with Gasteiger partial charge in [0.25, 0.3) is 0 Å². The Labute approximate surface area is 108 Å². The molecule has 0 aliphatic rings. The van der Waals surface area contributed by atoms with Crippen LogP contribution >= 0.6 is 15.9 Å². The third kappa shape index (κ3) is 4.70. The van der Waals surface area contributed by atoms with E-state index in [2.05, 4.69) is 30.4 Å². The highest BCUT2D eigenvalue weighted by Crippen LogP contribution is 2.19. The lowest BCUT2D eigenvalue weighted by atomic mass is 10.5. The predicted octanol–water partition coefficient (Wildman–Crippen LogP) is 1.15. The molecule has 6 nitrogen and oxygen atoms in total. The maximum absolute atomic E-state index is 11.6. The minimum absolute atomic E-state index is 0.192. The summed E-state index contributed by atoms with van der Waals surface area (Å²) < 4.78 is 30.4. The third-order valence-corrected chi connectivity index (χ3v) is 3.70. The van der Waals surface area contributed by atoms with Crippen molar-refractivity contribution in [2.45, 2.75) is 6.42 Å². The number of halogens is 1. The Balaban J connectivity index is 2.67. The summed E-state index contributed by atoms with van der Waals surface area (Å²) in [4.78, 5) is 14.7. The second-order valence-electron chi connectivity index (χ2n) is 3.08. The average molecular weight is 323 g/mol. The van der Waals surface area contributed by atoms with Crippen molar-refractivity contribution < 1.29 is 17.9 Å². The minimum atomic E-state index is -3.61. The van der Waals surface area contributed by atoms with E-state index in [4.69, 9.17) is 0 Å². The van der Waals surface area contributed by atoms with Crippen molar-refractivity contribution in [2.24, 2.45) is 0 Å². The predicted molar refractivity (Wildman–Crippen MR) is 66.0 cm³/mol. The molecule has 1 rings (SSSR count). The van der Waals surface area contributed by atoms with Gasteiger partial charge in [-0.15, -0.1) is 0 Å². The SMILES string of the molecule is COC(=O)CCS(=O)(=O)Nc1ncccc1Br. The Kier molecular flexibility index (Phi) is 4.88. The summed E-state index contributed by atoms with van der Waals surface area (Å²) in [5.74, 6) is -0.726. The minimum Gasteiger partial charge on any atom is -0.469 e. The van der Waals surface area contributed by atoms with Crippen LogP contribution in [0.15, 0.2) is 22.8 Å². The summed E-state index contributed by atoms with van der Waals surface area (Å²) >= 11 is 3.16. The van der Waals surface area contributed by atoms with Crippen LogP contribution in [0.5, 0.6) is 0 Å². The zero-order valence-electron chi connectivity index (χ0n) is 9.01. The number of hydrogen-bond acceptors (Lipinski definition) is 5. The number of aromatic nitrogens is 1. The van der Waals surface area contributed by atoms with E-state index < -0.39 is 16.0 Å². The Morgan fingerprint density at radius 1 is 1.59 bits per heavy atom. The molecule has 0 unspecified atom stereocenters. The van der Waals surface area contributed by atoms with Gasteiger partial charge in [0.1, 0.15) is 0 Å². The molecule has 8 heteroatoms. The largest absolute Gasteiger partial charge is 0.469 e. The Hall–Kier alpha value is -1.15. The van der Waals surface area contributed by atoms with E-state index in [1.54, 1.807) is 12.1 Å². The van der Waals surface area contributed by atoms with Crippen LogP contribution in [-0.4, -0.2) is 32.2 Å². The number of carbonyl (C=O) groups is 1. The van der Waals surface area contributed by atoms with E-state index in [-0.39, 0.29) is 18.0 Å². The van der Waals surface area contributed by atoms with Crippen LogP contribution < -0.4 is 4.72 Å². The summed E-state index contributed by atoms with van der Waals surface area (Å²) in [5, 5.41) is 0. The monoisotopic (exact) mass is 322 g/mol. The molecule has 0 aromatic carbocycles. The number of ether oxygens (including phenoxy) is 1. The average Bonchev–Trinajstić information content (AvgIpc) is 2.29. The quantitative estimate of drug-likeness (QED) is 0.822. The third-order valence-electron chi connectivity index (χ3n) is 1.81. The first-order valence-electron chi connectivity index (χ1n) is 4.62. The van der Waals surface area contributed by atoms with Crippen molar-refractivity contribution >= 4 is 37.7 Å². The van der Waals surface area contributed by atoms with Gasteiger partial charge < -0.3 is 4.74 Å². The van der Waals surface area contributed by atoms with Gasteiger partial charge in [-0.3, -0.25) is 9.52 Å².